The van der Waals surface area contributed by atoms with Crippen molar-refractivity contribution in [3.63, 3.8) is 0 Å². The Labute approximate surface area is 104 Å². The maximum atomic E-state index is 9.16. The lowest BCUT2D eigenvalue weighted by molar-refractivity contribution is 0.339. The van der Waals surface area contributed by atoms with Crippen LogP contribution in [0.5, 0.6) is 0 Å². The molecule has 0 aromatic rings. The molecule has 0 aliphatic heterocycles. The van der Waals surface area contributed by atoms with E-state index >= 15 is 0 Å². The van der Waals surface area contributed by atoms with Crippen molar-refractivity contribution in [1.82, 2.24) is 0 Å². The highest BCUT2D eigenvalue weighted by Gasteiger charge is 2.01. The van der Waals surface area contributed by atoms with Gasteiger partial charge in [0.25, 0.3) is 0 Å². The van der Waals surface area contributed by atoms with Gasteiger partial charge in [-0.25, -0.2) is 0 Å². The van der Waals surface area contributed by atoms with Gasteiger partial charge in [0.05, 0.1) is 6.61 Å². The third-order valence-electron chi connectivity index (χ3n) is 2.11. The van der Waals surface area contributed by atoms with E-state index < -0.39 is 0 Å². The van der Waals surface area contributed by atoms with Crippen LogP contribution in [0, 0.1) is 0 Å². The Bertz CT molecular complexity index is 336. The molecule has 0 fully saturated rings. The minimum absolute atomic E-state index is 0.0834. The summed E-state index contributed by atoms with van der Waals surface area (Å²) in [4.78, 5) is 0.958. The quantitative estimate of drug-likeness (QED) is 0.728. The van der Waals surface area contributed by atoms with Crippen molar-refractivity contribution in [2.24, 2.45) is 0 Å². The van der Waals surface area contributed by atoms with Crippen LogP contribution in [0.25, 0.3) is 0 Å². The minimum Gasteiger partial charge on any atom is -0.391 e. The number of aliphatic hydroxyl groups excluding tert-OH is 1. The lowest BCUT2D eigenvalue weighted by atomic mass is 10.0. The second kappa shape index (κ2) is 7.53. The van der Waals surface area contributed by atoms with Gasteiger partial charge in [-0.3, -0.25) is 0 Å². The van der Waals surface area contributed by atoms with Crippen LogP contribution >= 0.6 is 11.8 Å². The molecular formula is C14H22OS. The first kappa shape index (κ1) is 15.3. The third kappa shape index (κ3) is 5.38. The summed E-state index contributed by atoms with van der Waals surface area (Å²) in [5, 5.41) is 9.16. The molecule has 0 saturated carbocycles. The van der Waals surface area contributed by atoms with Crippen LogP contribution in [0.3, 0.4) is 0 Å². The van der Waals surface area contributed by atoms with E-state index in [1.807, 2.05) is 19.3 Å². The van der Waals surface area contributed by atoms with Gasteiger partial charge in [0, 0.05) is 4.91 Å². The molecule has 0 bridgehead atoms. The summed E-state index contributed by atoms with van der Waals surface area (Å²) in [6, 6.07) is 0. The van der Waals surface area contributed by atoms with Crippen molar-refractivity contribution in [1.29, 1.82) is 0 Å². The van der Waals surface area contributed by atoms with E-state index in [4.69, 9.17) is 5.11 Å². The molecule has 0 aliphatic carbocycles. The van der Waals surface area contributed by atoms with Crippen molar-refractivity contribution in [3.05, 3.63) is 45.9 Å². The van der Waals surface area contributed by atoms with Crippen LogP contribution in [0.2, 0.25) is 0 Å². The van der Waals surface area contributed by atoms with E-state index in [1.165, 1.54) is 11.1 Å². The predicted molar refractivity (Wildman–Crippen MR) is 75.6 cm³/mol. The van der Waals surface area contributed by atoms with Crippen LogP contribution in [-0.4, -0.2) is 18.0 Å². The van der Waals surface area contributed by atoms with Gasteiger partial charge >= 0.3 is 0 Å². The van der Waals surface area contributed by atoms with E-state index in [-0.39, 0.29) is 6.61 Å². The number of rotatable bonds is 5. The van der Waals surface area contributed by atoms with Crippen LogP contribution < -0.4 is 0 Å². The lowest BCUT2D eigenvalue weighted by Crippen LogP contribution is -1.91. The number of allylic oxidation sites excluding steroid dienone is 6. The number of thioether (sulfide) groups is 1. The fourth-order valence-corrected chi connectivity index (χ4v) is 1.78. The maximum Gasteiger partial charge on any atom is 0.0740 e. The van der Waals surface area contributed by atoms with Crippen molar-refractivity contribution >= 4 is 11.8 Å². The fraction of sp³-hybridized carbons (Fsp3) is 0.429. The molecule has 0 aliphatic rings. The molecule has 1 N–H and O–H groups in total. The van der Waals surface area contributed by atoms with Crippen molar-refractivity contribution < 1.29 is 5.11 Å². The van der Waals surface area contributed by atoms with Gasteiger partial charge in [0.2, 0.25) is 0 Å². The molecule has 0 aromatic carbocycles. The molecule has 0 atom stereocenters. The van der Waals surface area contributed by atoms with E-state index in [9.17, 15) is 0 Å². The maximum absolute atomic E-state index is 9.16. The predicted octanol–water partition coefficient (Wildman–Crippen LogP) is 4.08. The van der Waals surface area contributed by atoms with Crippen LogP contribution in [0.1, 0.15) is 27.7 Å². The average Bonchev–Trinajstić information content (AvgIpc) is 2.17. The zero-order valence-corrected chi connectivity index (χ0v) is 11.7. The van der Waals surface area contributed by atoms with Crippen LogP contribution in [0.4, 0.5) is 0 Å². The fourth-order valence-electron chi connectivity index (χ4n) is 1.41. The first-order valence-electron chi connectivity index (χ1n) is 5.29. The Morgan fingerprint density at radius 1 is 1.19 bits per heavy atom. The normalized spacial score (nSPS) is 13.2. The smallest absolute Gasteiger partial charge is 0.0740 e. The van der Waals surface area contributed by atoms with E-state index in [0.29, 0.717) is 0 Å². The van der Waals surface area contributed by atoms with Gasteiger partial charge in [0.1, 0.15) is 0 Å². The molecule has 0 saturated heterocycles. The average molecular weight is 238 g/mol. The van der Waals surface area contributed by atoms with Gasteiger partial charge in [-0.1, -0.05) is 23.8 Å². The van der Waals surface area contributed by atoms with Gasteiger partial charge < -0.3 is 5.11 Å². The molecule has 0 unspecified atom stereocenters. The van der Waals surface area contributed by atoms with Gasteiger partial charge in [0.15, 0.2) is 0 Å². The zero-order chi connectivity index (χ0) is 12.7. The standard InChI is InChI=1S/C14H22OS/c1-10(2)7-12(5)14(11(3)4)8-13(9-15)16-6/h7-8,15H,3,9H2,1-2,4-6H3. The van der Waals surface area contributed by atoms with Gasteiger partial charge in [-0.2, -0.15) is 0 Å². The largest absolute Gasteiger partial charge is 0.391 e. The first-order valence-corrected chi connectivity index (χ1v) is 6.52. The number of hydrogen-bond acceptors (Lipinski definition) is 2. The highest BCUT2D eigenvalue weighted by molar-refractivity contribution is 8.02. The summed E-state index contributed by atoms with van der Waals surface area (Å²) in [5.41, 5.74) is 4.58. The Hall–Kier alpha value is -0.730. The molecule has 0 rings (SSSR count). The molecule has 1 nitrogen and oxygen atoms in total. The minimum atomic E-state index is 0.0834. The zero-order valence-electron chi connectivity index (χ0n) is 10.9. The van der Waals surface area contributed by atoms with Gasteiger partial charge in [-0.15, -0.1) is 11.8 Å². The van der Waals surface area contributed by atoms with Gasteiger partial charge in [-0.05, 0) is 51.2 Å². The highest BCUT2D eigenvalue weighted by atomic mass is 32.2. The number of aliphatic hydroxyl groups is 1. The summed E-state index contributed by atoms with van der Waals surface area (Å²) in [7, 11) is 0. The van der Waals surface area contributed by atoms with Crippen LogP contribution in [-0.2, 0) is 0 Å². The molecule has 16 heavy (non-hydrogen) atoms. The summed E-state index contributed by atoms with van der Waals surface area (Å²) in [6.45, 7) is 12.3. The molecule has 0 radical (unpaired) electrons. The summed E-state index contributed by atoms with van der Waals surface area (Å²) >= 11 is 1.57. The summed E-state index contributed by atoms with van der Waals surface area (Å²) < 4.78 is 0. The second-order valence-electron chi connectivity index (χ2n) is 4.07. The summed E-state index contributed by atoms with van der Waals surface area (Å²) in [6.07, 6.45) is 6.12. The lowest BCUT2D eigenvalue weighted by Gasteiger charge is -2.08. The molecule has 0 amide bonds. The monoisotopic (exact) mass is 238 g/mol. The van der Waals surface area contributed by atoms with E-state index in [0.717, 1.165) is 16.1 Å². The Kier molecular flexibility index (Phi) is 7.18. The Balaban J connectivity index is 5.40. The van der Waals surface area contributed by atoms with Crippen molar-refractivity contribution in [3.8, 4) is 0 Å². The molecule has 2 heteroatoms. The first-order chi connectivity index (χ1) is 7.42. The van der Waals surface area contributed by atoms with E-state index in [2.05, 4.69) is 33.4 Å². The topological polar surface area (TPSA) is 20.2 Å². The Morgan fingerprint density at radius 3 is 2.06 bits per heavy atom. The van der Waals surface area contributed by atoms with Crippen LogP contribution in [0.15, 0.2) is 45.9 Å². The third-order valence-corrected chi connectivity index (χ3v) is 2.88. The second-order valence-corrected chi connectivity index (χ2v) is 5.00. The molecule has 0 aromatic heterocycles. The Morgan fingerprint density at radius 2 is 1.75 bits per heavy atom. The van der Waals surface area contributed by atoms with Crippen molar-refractivity contribution in [2.45, 2.75) is 27.7 Å². The molecule has 90 valence electrons. The molecule has 0 heterocycles. The number of hydrogen-bond donors (Lipinski definition) is 1. The van der Waals surface area contributed by atoms with E-state index in [1.54, 1.807) is 11.8 Å². The highest BCUT2D eigenvalue weighted by Crippen LogP contribution is 2.22. The SMILES string of the molecule is C=C(C)C(C=C(CO)SC)=C(C)C=C(C)C. The molecular weight excluding hydrogens is 216 g/mol. The molecule has 0 spiro atoms. The van der Waals surface area contributed by atoms with Crippen molar-refractivity contribution in [2.75, 3.05) is 12.9 Å². The summed E-state index contributed by atoms with van der Waals surface area (Å²) in [5.74, 6) is 0.